The van der Waals surface area contributed by atoms with Crippen molar-refractivity contribution in [2.45, 2.75) is 38.4 Å². The summed E-state index contributed by atoms with van der Waals surface area (Å²) in [5, 5.41) is 3.20. The van der Waals surface area contributed by atoms with Crippen LogP contribution >= 0.6 is 11.3 Å². The lowest BCUT2D eigenvalue weighted by Crippen LogP contribution is -2.37. The number of piperidine rings is 1. The molecule has 25 heavy (non-hydrogen) atoms. The molecule has 6 heteroatoms. The van der Waals surface area contributed by atoms with Gasteiger partial charge in [-0.3, -0.25) is 9.80 Å². The van der Waals surface area contributed by atoms with E-state index in [1.165, 1.54) is 17.5 Å². The maximum Gasteiger partial charge on any atom is 0.130 e. The molecule has 4 rings (SSSR count). The average Bonchev–Trinajstić information content (AvgIpc) is 3.04. The SMILES string of the molecule is CN(Cc1nccs1)[C@H]1CC12CCN(Cc1ccc(F)cc1F)CC2. The molecular formula is C19H23F2N3S. The van der Waals surface area contributed by atoms with Crippen molar-refractivity contribution in [3.63, 3.8) is 0 Å². The summed E-state index contributed by atoms with van der Waals surface area (Å²) in [5.74, 6) is -0.948. The van der Waals surface area contributed by atoms with E-state index in [4.69, 9.17) is 0 Å². The third-order valence-electron chi connectivity index (χ3n) is 5.81. The van der Waals surface area contributed by atoms with E-state index in [-0.39, 0.29) is 0 Å². The van der Waals surface area contributed by atoms with E-state index in [9.17, 15) is 8.78 Å². The molecule has 2 aromatic rings. The van der Waals surface area contributed by atoms with Crippen LogP contribution in [0.15, 0.2) is 29.8 Å². The normalized spacial score (nSPS) is 22.6. The van der Waals surface area contributed by atoms with Crippen molar-refractivity contribution in [3.8, 4) is 0 Å². The second kappa shape index (κ2) is 6.74. The molecule has 0 unspecified atom stereocenters. The van der Waals surface area contributed by atoms with Gasteiger partial charge in [-0.1, -0.05) is 6.07 Å². The van der Waals surface area contributed by atoms with Crippen molar-refractivity contribution in [1.82, 2.24) is 14.8 Å². The summed E-state index contributed by atoms with van der Waals surface area (Å²) in [6, 6.07) is 4.53. The molecule has 1 saturated heterocycles. The molecule has 0 amide bonds. The molecule has 2 aliphatic rings. The molecule has 1 aromatic carbocycles. The fourth-order valence-corrected chi connectivity index (χ4v) is 4.87. The van der Waals surface area contributed by atoms with Crippen molar-refractivity contribution in [2.24, 2.45) is 5.41 Å². The van der Waals surface area contributed by atoms with Gasteiger partial charge in [-0.15, -0.1) is 11.3 Å². The van der Waals surface area contributed by atoms with Crippen LogP contribution in [0.3, 0.4) is 0 Å². The minimum absolute atomic E-state index is 0.434. The van der Waals surface area contributed by atoms with Gasteiger partial charge >= 0.3 is 0 Å². The highest BCUT2D eigenvalue weighted by molar-refractivity contribution is 7.09. The van der Waals surface area contributed by atoms with E-state index in [2.05, 4.69) is 21.8 Å². The molecule has 1 spiro atoms. The zero-order valence-electron chi connectivity index (χ0n) is 14.4. The molecule has 0 radical (unpaired) electrons. The lowest BCUT2D eigenvalue weighted by Gasteiger charge is -2.34. The largest absolute Gasteiger partial charge is 0.299 e. The molecule has 1 aliphatic carbocycles. The van der Waals surface area contributed by atoms with Crippen molar-refractivity contribution < 1.29 is 8.78 Å². The predicted octanol–water partition coefficient (Wildman–Crippen LogP) is 3.91. The van der Waals surface area contributed by atoms with Gasteiger partial charge in [-0.05, 0) is 50.9 Å². The van der Waals surface area contributed by atoms with Crippen LogP contribution in [0.5, 0.6) is 0 Å². The zero-order valence-corrected chi connectivity index (χ0v) is 15.2. The Hall–Kier alpha value is -1.37. The van der Waals surface area contributed by atoms with Gasteiger partial charge in [0, 0.05) is 35.8 Å². The Morgan fingerprint density at radius 3 is 2.80 bits per heavy atom. The molecule has 0 N–H and O–H groups in total. The number of aromatic nitrogens is 1. The van der Waals surface area contributed by atoms with Crippen LogP contribution in [0.25, 0.3) is 0 Å². The summed E-state index contributed by atoms with van der Waals surface area (Å²) < 4.78 is 26.9. The average molecular weight is 363 g/mol. The zero-order chi connectivity index (χ0) is 17.4. The van der Waals surface area contributed by atoms with E-state index in [1.807, 2.05) is 11.6 Å². The first-order chi connectivity index (χ1) is 12.1. The van der Waals surface area contributed by atoms with E-state index >= 15 is 0 Å². The molecule has 1 atom stereocenters. The third kappa shape index (κ3) is 3.61. The molecular weight excluding hydrogens is 340 g/mol. The van der Waals surface area contributed by atoms with Gasteiger partial charge < -0.3 is 0 Å². The van der Waals surface area contributed by atoms with Crippen LogP contribution in [0.2, 0.25) is 0 Å². The molecule has 3 nitrogen and oxygen atoms in total. The quantitative estimate of drug-likeness (QED) is 0.803. The second-order valence-corrected chi connectivity index (χ2v) is 8.41. The van der Waals surface area contributed by atoms with Crippen molar-refractivity contribution >= 4 is 11.3 Å². The maximum atomic E-state index is 13.8. The van der Waals surface area contributed by atoms with Gasteiger partial charge in [0.1, 0.15) is 16.6 Å². The second-order valence-electron chi connectivity index (χ2n) is 7.44. The Morgan fingerprint density at radius 2 is 2.12 bits per heavy atom. The van der Waals surface area contributed by atoms with Crippen LogP contribution in [0.1, 0.15) is 29.8 Å². The fraction of sp³-hybridized carbons (Fsp3) is 0.526. The summed E-state index contributed by atoms with van der Waals surface area (Å²) in [7, 11) is 2.20. The van der Waals surface area contributed by atoms with Gasteiger partial charge in [-0.2, -0.15) is 0 Å². The maximum absolute atomic E-state index is 13.8. The molecule has 2 heterocycles. The van der Waals surface area contributed by atoms with Crippen LogP contribution in [-0.2, 0) is 13.1 Å². The molecule has 1 saturated carbocycles. The Morgan fingerprint density at radius 1 is 1.32 bits per heavy atom. The van der Waals surface area contributed by atoms with E-state index in [1.54, 1.807) is 17.4 Å². The van der Waals surface area contributed by atoms with Gasteiger partial charge in [0.15, 0.2) is 0 Å². The Balaban J connectivity index is 1.30. The molecule has 1 aromatic heterocycles. The van der Waals surface area contributed by atoms with Crippen molar-refractivity contribution in [2.75, 3.05) is 20.1 Å². The van der Waals surface area contributed by atoms with E-state index in [0.717, 1.165) is 38.5 Å². The Labute approximate surface area is 151 Å². The number of benzene rings is 1. The molecule has 134 valence electrons. The standard InChI is InChI=1S/C19H23F2N3S/c1-23(13-18-22-6-9-25-18)17-11-19(17)4-7-24(8-5-19)12-14-2-3-15(20)10-16(14)21/h2-3,6,9-10,17H,4-5,7-8,11-13H2,1H3/t17-/m0/s1. The Bertz CT molecular complexity index is 726. The number of hydrogen-bond donors (Lipinski definition) is 0. The Kier molecular flexibility index (Phi) is 4.60. The predicted molar refractivity (Wildman–Crippen MR) is 95.3 cm³/mol. The highest BCUT2D eigenvalue weighted by atomic mass is 32.1. The monoisotopic (exact) mass is 363 g/mol. The molecule has 0 bridgehead atoms. The number of likely N-dealkylation sites (tertiary alicyclic amines) is 1. The number of rotatable bonds is 5. The van der Waals surface area contributed by atoms with Gasteiger partial charge in [0.05, 0.1) is 6.54 Å². The van der Waals surface area contributed by atoms with Gasteiger partial charge in [0.2, 0.25) is 0 Å². The summed E-state index contributed by atoms with van der Waals surface area (Å²) in [6.07, 6.45) is 5.43. The van der Waals surface area contributed by atoms with Crippen LogP contribution < -0.4 is 0 Å². The number of hydrogen-bond acceptors (Lipinski definition) is 4. The number of halogens is 2. The van der Waals surface area contributed by atoms with Crippen LogP contribution in [0, 0.1) is 17.0 Å². The van der Waals surface area contributed by atoms with E-state index in [0.29, 0.717) is 23.6 Å². The summed E-state index contributed by atoms with van der Waals surface area (Å²) in [5.41, 5.74) is 1.02. The van der Waals surface area contributed by atoms with Gasteiger partial charge in [0.25, 0.3) is 0 Å². The first kappa shape index (κ1) is 17.1. The first-order valence-electron chi connectivity index (χ1n) is 8.81. The topological polar surface area (TPSA) is 19.4 Å². The summed E-state index contributed by atoms with van der Waals surface area (Å²) >= 11 is 1.71. The lowest BCUT2D eigenvalue weighted by molar-refractivity contribution is 0.138. The number of nitrogens with zero attached hydrogens (tertiary/aromatic N) is 3. The number of thiazole rings is 1. The summed E-state index contributed by atoms with van der Waals surface area (Å²) in [6.45, 7) is 3.47. The van der Waals surface area contributed by atoms with Gasteiger partial charge in [-0.25, -0.2) is 13.8 Å². The molecule has 2 fully saturated rings. The first-order valence-corrected chi connectivity index (χ1v) is 9.69. The lowest BCUT2D eigenvalue weighted by atomic mass is 9.92. The van der Waals surface area contributed by atoms with Crippen molar-refractivity contribution in [3.05, 3.63) is 52.0 Å². The van der Waals surface area contributed by atoms with Crippen LogP contribution in [-0.4, -0.2) is 41.0 Å². The minimum atomic E-state index is -0.511. The summed E-state index contributed by atoms with van der Waals surface area (Å²) in [4.78, 5) is 9.11. The van der Waals surface area contributed by atoms with E-state index < -0.39 is 11.6 Å². The molecule has 1 aliphatic heterocycles. The third-order valence-corrected chi connectivity index (χ3v) is 6.57. The minimum Gasteiger partial charge on any atom is -0.299 e. The fourth-order valence-electron chi connectivity index (χ4n) is 4.19. The highest BCUT2D eigenvalue weighted by Crippen LogP contribution is 2.56. The highest BCUT2D eigenvalue weighted by Gasteiger charge is 2.56. The van der Waals surface area contributed by atoms with Crippen LogP contribution in [0.4, 0.5) is 8.78 Å². The van der Waals surface area contributed by atoms with Crippen molar-refractivity contribution in [1.29, 1.82) is 0 Å². The smallest absolute Gasteiger partial charge is 0.130 e.